The first kappa shape index (κ1) is 17.6. The van der Waals surface area contributed by atoms with Gasteiger partial charge in [0.05, 0.1) is 4.88 Å². The Morgan fingerprint density at radius 2 is 2.00 bits per heavy atom. The summed E-state index contributed by atoms with van der Waals surface area (Å²) in [6.07, 6.45) is 1.28. The summed E-state index contributed by atoms with van der Waals surface area (Å²) < 4.78 is 0. The zero-order chi connectivity index (χ0) is 17.5. The number of carbonyl (C=O) groups is 2. The molecule has 0 saturated carbocycles. The van der Waals surface area contributed by atoms with E-state index in [2.05, 4.69) is 39.8 Å². The average molecular weight is 357 g/mol. The molecule has 25 heavy (non-hydrogen) atoms. The third kappa shape index (κ3) is 5.41. The van der Waals surface area contributed by atoms with E-state index in [0.29, 0.717) is 17.8 Å². The number of nitrogens with one attached hydrogen (secondary N) is 2. The van der Waals surface area contributed by atoms with E-state index < -0.39 is 0 Å². The van der Waals surface area contributed by atoms with Gasteiger partial charge >= 0.3 is 0 Å². The minimum Gasteiger partial charge on any atom is -0.352 e. The van der Waals surface area contributed by atoms with Gasteiger partial charge in [0.2, 0.25) is 5.91 Å². The zero-order valence-electron chi connectivity index (χ0n) is 14.1. The number of thiophene rings is 1. The molecule has 1 aliphatic heterocycles. The Labute approximate surface area is 152 Å². The molecule has 2 N–H and O–H groups in total. The van der Waals surface area contributed by atoms with Crippen LogP contribution >= 0.6 is 11.3 Å². The quantitative estimate of drug-likeness (QED) is 0.799. The van der Waals surface area contributed by atoms with Crippen molar-refractivity contribution in [1.82, 2.24) is 15.5 Å². The minimum absolute atomic E-state index is 0.00181. The lowest BCUT2D eigenvalue weighted by atomic mass is 10.2. The van der Waals surface area contributed by atoms with E-state index in [4.69, 9.17) is 0 Å². The number of nitrogens with zero attached hydrogens (tertiary/aromatic N) is 1. The van der Waals surface area contributed by atoms with Gasteiger partial charge in [-0.1, -0.05) is 36.4 Å². The van der Waals surface area contributed by atoms with Crippen molar-refractivity contribution in [2.45, 2.75) is 25.4 Å². The first-order chi connectivity index (χ1) is 12.2. The predicted octanol–water partition coefficient (Wildman–Crippen LogP) is 2.26. The third-order valence-corrected chi connectivity index (χ3v) is 5.14. The zero-order valence-corrected chi connectivity index (χ0v) is 14.9. The number of benzene rings is 1. The van der Waals surface area contributed by atoms with Crippen molar-refractivity contribution in [3.8, 4) is 0 Å². The standard InChI is InChI=1S/C19H23N3O2S/c23-18(8-10-20-19(24)17-7-4-12-25-17)21-16-9-11-22(14-16)13-15-5-2-1-3-6-15/h1-7,12,16H,8-11,13-14H2,(H,20,24)(H,21,23). The van der Waals surface area contributed by atoms with Crippen LogP contribution < -0.4 is 10.6 Å². The Bertz CT molecular complexity index is 688. The lowest BCUT2D eigenvalue weighted by Crippen LogP contribution is -2.38. The molecule has 1 aliphatic rings. The number of amides is 2. The summed E-state index contributed by atoms with van der Waals surface area (Å²) in [4.78, 5) is 26.9. The molecule has 1 fully saturated rings. The highest BCUT2D eigenvalue weighted by Gasteiger charge is 2.23. The summed E-state index contributed by atoms with van der Waals surface area (Å²) in [7, 11) is 0. The van der Waals surface area contributed by atoms with Crippen molar-refractivity contribution >= 4 is 23.2 Å². The second-order valence-electron chi connectivity index (χ2n) is 6.26. The van der Waals surface area contributed by atoms with Gasteiger partial charge in [-0.2, -0.15) is 0 Å². The number of hydrogen-bond donors (Lipinski definition) is 2. The van der Waals surface area contributed by atoms with Crippen LogP contribution in [-0.4, -0.2) is 42.4 Å². The summed E-state index contributed by atoms with van der Waals surface area (Å²) >= 11 is 1.40. The smallest absolute Gasteiger partial charge is 0.261 e. The maximum Gasteiger partial charge on any atom is 0.261 e. The summed E-state index contributed by atoms with van der Waals surface area (Å²) in [5.74, 6) is -0.115. The van der Waals surface area contributed by atoms with Gasteiger partial charge in [0.25, 0.3) is 5.91 Å². The van der Waals surface area contributed by atoms with E-state index in [1.165, 1.54) is 16.9 Å². The van der Waals surface area contributed by atoms with Gasteiger partial charge in [-0.15, -0.1) is 11.3 Å². The first-order valence-corrected chi connectivity index (χ1v) is 9.46. The fraction of sp³-hybridized carbons (Fsp3) is 0.368. The molecule has 1 aromatic carbocycles. The monoisotopic (exact) mass is 357 g/mol. The van der Waals surface area contributed by atoms with Crippen LogP contribution in [0.3, 0.4) is 0 Å². The molecule has 0 radical (unpaired) electrons. The fourth-order valence-corrected chi connectivity index (χ4v) is 3.66. The van der Waals surface area contributed by atoms with Gasteiger partial charge in [0.15, 0.2) is 0 Å². The maximum absolute atomic E-state index is 12.1. The van der Waals surface area contributed by atoms with Crippen LogP contribution in [0, 0.1) is 0 Å². The Balaban J connectivity index is 1.34. The van der Waals surface area contributed by atoms with Crippen molar-refractivity contribution in [2.75, 3.05) is 19.6 Å². The highest BCUT2D eigenvalue weighted by atomic mass is 32.1. The van der Waals surface area contributed by atoms with Crippen LogP contribution in [-0.2, 0) is 11.3 Å². The molecule has 1 aromatic heterocycles. The molecule has 132 valence electrons. The largest absolute Gasteiger partial charge is 0.352 e. The normalized spacial score (nSPS) is 17.4. The first-order valence-electron chi connectivity index (χ1n) is 8.58. The summed E-state index contributed by atoms with van der Waals surface area (Å²) in [5, 5.41) is 7.72. The van der Waals surface area contributed by atoms with Gasteiger partial charge in [0, 0.05) is 38.6 Å². The molecule has 2 aromatic rings. The van der Waals surface area contributed by atoms with Crippen LogP contribution in [0.25, 0.3) is 0 Å². The molecular formula is C19H23N3O2S. The van der Waals surface area contributed by atoms with E-state index in [0.717, 1.165) is 26.1 Å². The number of hydrogen-bond acceptors (Lipinski definition) is 4. The topological polar surface area (TPSA) is 61.4 Å². The predicted molar refractivity (Wildman–Crippen MR) is 99.5 cm³/mol. The van der Waals surface area contributed by atoms with Crippen LogP contribution in [0.1, 0.15) is 28.1 Å². The average Bonchev–Trinajstić information content (AvgIpc) is 3.28. The van der Waals surface area contributed by atoms with Gasteiger partial charge in [-0.05, 0) is 23.4 Å². The molecule has 2 heterocycles. The Morgan fingerprint density at radius 3 is 2.76 bits per heavy atom. The lowest BCUT2D eigenvalue weighted by Gasteiger charge is -2.17. The maximum atomic E-state index is 12.1. The molecule has 5 nitrogen and oxygen atoms in total. The molecule has 1 saturated heterocycles. The molecule has 0 spiro atoms. The Kier molecular flexibility index (Phi) is 6.19. The molecule has 3 rings (SSSR count). The van der Waals surface area contributed by atoms with Crippen LogP contribution in [0.2, 0.25) is 0 Å². The highest BCUT2D eigenvalue weighted by Crippen LogP contribution is 2.13. The van der Waals surface area contributed by atoms with Crippen molar-refractivity contribution in [2.24, 2.45) is 0 Å². The minimum atomic E-state index is -0.113. The summed E-state index contributed by atoms with van der Waals surface area (Å²) in [6, 6.07) is 14.2. The molecular weight excluding hydrogens is 334 g/mol. The van der Waals surface area contributed by atoms with Crippen LogP contribution in [0.4, 0.5) is 0 Å². The van der Waals surface area contributed by atoms with Crippen LogP contribution in [0.5, 0.6) is 0 Å². The van der Waals surface area contributed by atoms with Crippen molar-refractivity contribution < 1.29 is 9.59 Å². The van der Waals surface area contributed by atoms with Crippen molar-refractivity contribution in [3.63, 3.8) is 0 Å². The SMILES string of the molecule is O=C(CCNC(=O)c1cccs1)NC1CCN(Cc2ccccc2)C1. The van der Waals surface area contributed by atoms with Gasteiger partial charge < -0.3 is 10.6 Å². The molecule has 0 bridgehead atoms. The molecule has 6 heteroatoms. The Hall–Kier alpha value is -2.18. The number of carbonyl (C=O) groups excluding carboxylic acids is 2. The fourth-order valence-electron chi connectivity index (χ4n) is 3.02. The Morgan fingerprint density at radius 1 is 1.16 bits per heavy atom. The molecule has 1 atom stereocenters. The summed E-state index contributed by atoms with van der Waals surface area (Å²) in [5.41, 5.74) is 1.30. The van der Waals surface area contributed by atoms with Gasteiger partial charge in [-0.3, -0.25) is 14.5 Å². The second kappa shape index (κ2) is 8.78. The van der Waals surface area contributed by atoms with E-state index in [1.54, 1.807) is 6.07 Å². The molecule has 2 amide bonds. The number of rotatable bonds is 7. The molecule has 1 unspecified atom stereocenters. The van der Waals surface area contributed by atoms with Crippen molar-refractivity contribution in [3.05, 3.63) is 58.3 Å². The van der Waals surface area contributed by atoms with E-state index >= 15 is 0 Å². The van der Waals surface area contributed by atoms with Gasteiger partial charge in [0.1, 0.15) is 0 Å². The van der Waals surface area contributed by atoms with E-state index in [9.17, 15) is 9.59 Å². The lowest BCUT2D eigenvalue weighted by molar-refractivity contribution is -0.121. The summed E-state index contributed by atoms with van der Waals surface area (Å²) in [6.45, 7) is 3.16. The molecule has 0 aliphatic carbocycles. The number of likely N-dealkylation sites (tertiary alicyclic amines) is 1. The van der Waals surface area contributed by atoms with Crippen molar-refractivity contribution in [1.29, 1.82) is 0 Å². The van der Waals surface area contributed by atoms with Crippen LogP contribution in [0.15, 0.2) is 47.8 Å². The highest BCUT2D eigenvalue weighted by molar-refractivity contribution is 7.12. The van der Waals surface area contributed by atoms with E-state index in [1.807, 2.05) is 17.5 Å². The van der Waals surface area contributed by atoms with E-state index in [-0.39, 0.29) is 17.9 Å². The second-order valence-corrected chi connectivity index (χ2v) is 7.20. The third-order valence-electron chi connectivity index (χ3n) is 4.27. The van der Waals surface area contributed by atoms with Gasteiger partial charge in [-0.25, -0.2) is 0 Å².